The molecule has 0 bridgehead atoms. The maximum atomic E-state index is 13.0. The normalized spacial score (nSPS) is 18.4. The molecule has 2 atom stereocenters. The minimum absolute atomic E-state index is 0.0249. The van der Waals surface area contributed by atoms with Crippen molar-refractivity contribution in [2.24, 2.45) is 0 Å². The van der Waals surface area contributed by atoms with Crippen molar-refractivity contribution in [3.63, 3.8) is 0 Å². The largest absolute Gasteiger partial charge is 0.361 e. The molecule has 1 saturated heterocycles. The highest BCUT2D eigenvalue weighted by Crippen LogP contribution is 2.30. The van der Waals surface area contributed by atoms with Gasteiger partial charge in [-0.05, 0) is 33.6 Å². The van der Waals surface area contributed by atoms with E-state index >= 15 is 0 Å². The number of ketones is 1. The van der Waals surface area contributed by atoms with Gasteiger partial charge in [0, 0.05) is 30.1 Å². The van der Waals surface area contributed by atoms with Crippen molar-refractivity contribution in [3.05, 3.63) is 52.9 Å². The third-order valence-corrected chi connectivity index (χ3v) is 5.07. The first-order valence-electron chi connectivity index (χ1n) is 8.80. The van der Waals surface area contributed by atoms with Crippen molar-refractivity contribution in [2.45, 2.75) is 52.0 Å². The fraction of sp³-hybridized carbons (Fsp3) is 0.450. The summed E-state index contributed by atoms with van der Waals surface area (Å²) in [6.07, 6.45) is 2.19. The summed E-state index contributed by atoms with van der Waals surface area (Å²) in [6, 6.07) is 9.26. The van der Waals surface area contributed by atoms with Crippen molar-refractivity contribution < 1.29 is 14.1 Å². The second-order valence-electron chi connectivity index (χ2n) is 6.78. The Morgan fingerprint density at radius 2 is 2.00 bits per heavy atom. The van der Waals surface area contributed by atoms with Gasteiger partial charge in [0.15, 0.2) is 5.78 Å². The molecule has 0 aliphatic carbocycles. The van der Waals surface area contributed by atoms with Gasteiger partial charge in [0.05, 0.1) is 11.6 Å². The molecule has 1 aliphatic heterocycles. The Kier molecular flexibility index (Phi) is 5.02. The first-order chi connectivity index (χ1) is 12.0. The molecule has 2 unspecified atom stereocenters. The van der Waals surface area contributed by atoms with Gasteiger partial charge in [-0.1, -0.05) is 35.5 Å². The predicted molar refractivity (Wildman–Crippen MR) is 94.5 cm³/mol. The first kappa shape index (κ1) is 17.4. The summed E-state index contributed by atoms with van der Waals surface area (Å²) < 4.78 is 5.20. The summed E-state index contributed by atoms with van der Waals surface area (Å²) in [6.45, 7) is 6.29. The van der Waals surface area contributed by atoms with Crippen molar-refractivity contribution in [2.75, 3.05) is 6.54 Å². The van der Waals surface area contributed by atoms with Gasteiger partial charge < -0.3 is 9.42 Å². The summed E-state index contributed by atoms with van der Waals surface area (Å²) in [5.41, 5.74) is 2.33. The summed E-state index contributed by atoms with van der Waals surface area (Å²) in [5.74, 6) is 0.529. The van der Waals surface area contributed by atoms with Crippen LogP contribution in [0, 0.1) is 13.8 Å². The van der Waals surface area contributed by atoms with Crippen LogP contribution in [-0.4, -0.2) is 34.3 Å². The SMILES string of the molecule is Cc1noc(C)c1C(C)C(=O)N1CCCC1CC(=O)c1ccccc1. The van der Waals surface area contributed by atoms with Crippen molar-refractivity contribution in [3.8, 4) is 0 Å². The number of aromatic nitrogens is 1. The average Bonchev–Trinajstić information content (AvgIpc) is 3.21. The van der Waals surface area contributed by atoms with Crippen LogP contribution in [-0.2, 0) is 4.79 Å². The van der Waals surface area contributed by atoms with Crippen LogP contribution in [0.4, 0.5) is 0 Å². The molecule has 1 amide bonds. The number of amides is 1. The van der Waals surface area contributed by atoms with Crippen molar-refractivity contribution >= 4 is 11.7 Å². The van der Waals surface area contributed by atoms with E-state index in [1.54, 1.807) is 0 Å². The van der Waals surface area contributed by atoms with Crippen LogP contribution >= 0.6 is 0 Å². The monoisotopic (exact) mass is 340 g/mol. The first-order valence-corrected chi connectivity index (χ1v) is 8.80. The molecule has 132 valence electrons. The second kappa shape index (κ2) is 7.21. The number of carbonyl (C=O) groups is 2. The fourth-order valence-electron chi connectivity index (χ4n) is 3.77. The Morgan fingerprint density at radius 1 is 1.28 bits per heavy atom. The summed E-state index contributed by atoms with van der Waals surface area (Å²) in [4.78, 5) is 27.4. The Bertz CT molecular complexity index is 747. The lowest BCUT2D eigenvalue weighted by molar-refractivity contribution is -0.133. The Morgan fingerprint density at radius 3 is 2.64 bits per heavy atom. The van der Waals surface area contributed by atoms with E-state index in [1.165, 1.54) is 0 Å². The van der Waals surface area contributed by atoms with Crippen LogP contribution in [0.3, 0.4) is 0 Å². The molecule has 0 spiro atoms. The van der Waals surface area contributed by atoms with Gasteiger partial charge in [0.1, 0.15) is 5.76 Å². The number of Topliss-reactive ketones (excluding diaryl/α,β-unsaturated/α-hetero) is 1. The van der Waals surface area contributed by atoms with E-state index in [4.69, 9.17) is 4.52 Å². The van der Waals surface area contributed by atoms with Crippen molar-refractivity contribution in [1.29, 1.82) is 0 Å². The standard InChI is InChI=1S/C20H24N2O3/c1-13(19-14(2)21-25-15(19)3)20(24)22-11-7-10-17(22)12-18(23)16-8-5-4-6-9-16/h4-6,8-9,13,17H,7,10-12H2,1-3H3. The predicted octanol–water partition coefficient (Wildman–Crippen LogP) is 3.66. The molecule has 0 N–H and O–H groups in total. The van der Waals surface area contributed by atoms with E-state index in [2.05, 4.69) is 5.16 Å². The fourth-order valence-corrected chi connectivity index (χ4v) is 3.77. The lowest BCUT2D eigenvalue weighted by Gasteiger charge is -2.27. The number of carbonyl (C=O) groups excluding carboxylic acids is 2. The third-order valence-electron chi connectivity index (χ3n) is 5.07. The molecule has 1 aliphatic rings. The highest BCUT2D eigenvalue weighted by molar-refractivity contribution is 5.96. The number of likely N-dealkylation sites (tertiary alicyclic amines) is 1. The molecule has 1 fully saturated rings. The van der Waals surface area contributed by atoms with Gasteiger partial charge >= 0.3 is 0 Å². The van der Waals surface area contributed by atoms with E-state index < -0.39 is 0 Å². The van der Waals surface area contributed by atoms with Gasteiger partial charge in [-0.2, -0.15) is 0 Å². The van der Waals surface area contributed by atoms with Crippen LogP contribution in [0.2, 0.25) is 0 Å². The van der Waals surface area contributed by atoms with Crippen LogP contribution in [0.5, 0.6) is 0 Å². The van der Waals surface area contributed by atoms with Crippen LogP contribution < -0.4 is 0 Å². The quantitative estimate of drug-likeness (QED) is 0.779. The number of nitrogens with zero attached hydrogens (tertiary/aromatic N) is 2. The lowest BCUT2D eigenvalue weighted by Crippen LogP contribution is -2.39. The van der Waals surface area contributed by atoms with E-state index in [-0.39, 0.29) is 23.7 Å². The van der Waals surface area contributed by atoms with Crippen LogP contribution in [0.15, 0.2) is 34.9 Å². The molecule has 2 heterocycles. The van der Waals surface area contributed by atoms with E-state index in [0.29, 0.717) is 24.3 Å². The summed E-state index contributed by atoms with van der Waals surface area (Å²) in [5, 5.41) is 3.95. The lowest BCUT2D eigenvalue weighted by atomic mass is 9.96. The molecule has 3 rings (SSSR count). The topological polar surface area (TPSA) is 63.4 Å². The van der Waals surface area contributed by atoms with Gasteiger partial charge in [-0.3, -0.25) is 9.59 Å². The molecule has 0 saturated carbocycles. The number of benzene rings is 1. The van der Waals surface area contributed by atoms with E-state index in [0.717, 1.165) is 24.1 Å². The zero-order valence-electron chi connectivity index (χ0n) is 15.0. The zero-order chi connectivity index (χ0) is 18.0. The molecule has 5 heteroatoms. The number of rotatable bonds is 5. The zero-order valence-corrected chi connectivity index (χ0v) is 15.0. The molecule has 25 heavy (non-hydrogen) atoms. The highest BCUT2D eigenvalue weighted by atomic mass is 16.5. The molecule has 1 aromatic heterocycles. The summed E-state index contributed by atoms with van der Waals surface area (Å²) in [7, 11) is 0. The Balaban J connectivity index is 1.73. The third kappa shape index (κ3) is 3.50. The van der Waals surface area contributed by atoms with Crippen LogP contribution in [0.1, 0.15) is 59.5 Å². The Hall–Kier alpha value is -2.43. The van der Waals surface area contributed by atoms with Gasteiger partial charge in [0.2, 0.25) is 5.91 Å². The maximum absolute atomic E-state index is 13.0. The van der Waals surface area contributed by atoms with Gasteiger partial charge in [-0.25, -0.2) is 0 Å². The van der Waals surface area contributed by atoms with Crippen LogP contribution in [0.25, 0.3) is 0 Å². The molecule has 2 aromatic rings. The maximum Gasteiger partial charge on any atom is 0.230 e. The number of hydrogen-bond acceptors (Lipinski definition) is 4. The molecule has 1 aromatic carbocycles. The number of aryl methyl sites for hydroxylation is 2. The number of hydrogen-bond donors (Lipinski definition) is 0. The van der Waals surface area contributed by atoms with E-state index in [9.17, 15) is 9.59 Å². The molecule has 5 nitrogen and oxygen atoms in total. The van der Waals surface area contributed by atoms with Gasteiger partial charge in [-0.15, -0.1) is 0 Å². The molecular weight excluding hydrogens is 316 g/mol. The Labute approximate surface area is 148 Å². The smallest absolute Gasteiger partial charge is 0.230 e. The van der Waals surface area contributed by atoms with Gasteiger partial charge in [0.25, 0.3) is 0 Å². The minimum atomic E-state index is -0.307. The van der Waals surface area contributed by atoms with Crippen molar-refractivity contribution in [1.82, 2.24) is 10.1 Å². The average molecular weight is 340 g/mol. The molecule has 0 radical (unpaired) electrons. The molecular formula is C20H24N2O3. The van der Waals surface area contributed by atoms with E-state index in [1.807, 2.05) is 56.0 Å². The summed E-state index contributed by atoms with van der Waals surface area (Å²) >= 11 is 0. The minimum Gasteiger partial charge on any atom is -0.361 e. The second-order valence-corrected chi connectivity index (χ2v) is 6.78. The highest BCUT2D eigenvalue weighted by Gasteiger charge is 2.35.